The van der Waals surface area contributed by atoms with Crippen LogP contribution >= 0.6 is 0 Å². The number of nitrogens with zero attached hydrogens (tertiary/aromatic N) is 1. The molecule has 0 bridgehead atoms. The van der Waals surface area contributed by atoms with E-state index < -0.39 is 35.8 Å². The minimum Gasteiger partial charge on any atom is -0.444 e. The van der Waals surface area contributed by atoms with Gasteiger partial charge in [0.05, 0.1) is 6.10 Å². The molecule has 10 nitrogen and oxygen atoms in total. The van der Waals surface area contributed by atoms with Gasteiger partial charge >= 0.3 is 6.09 Å². The average molecular weight is 583 g/mol. The summed E-state index contributed by atoms with van der Waals surface area (Å²) < 4.78 is 5.17. The number of amides is 4. The molecule has 2 aromatic carbocycles. The van der Waals surface area contributed by atoms with E-state index in [4.69, 9.17) is 4.74 Å². The van der Waals surface area contributed by atoms with Gasteiger partial charge in [0, 0.05) is 32.0 Å². The number of likely N-dealkylation sites (tertiary alicyclic amines) is 1. The van der Waals surface area contributed by atoms with Crippen LogP contribution in [0.4, 0.5) is 4.79 Å². The van der Waals surface area contributed by atoms with E-state index in [2.05, 4.69) is 16.0 Å². The summed E-state index contributed by atoms with van der Waals surface area (Å²) in [7, 11) is 0. The Labute approximate surface area is 248 Å². The molecule has 0 saturated carbocycles. The number of fused-ring (bicyclic) bond motifs is 1. The SMILES string of the molecule is CCC(CC)C(=O)N1CCC[C@H]1C(=O)N[C@H](Cc1ccc2ccccc2c1)C(=O)NCC(O)CNC(=O)OC(C)(C)C. The van der Waals surface area contributed by atoms with E-state index in [1.54, 1.807) is 25.7 Å². The summed E-state index contributed by atoms with van der Waals surface area (Å²) in [5.41, 5.74) is 0.183. The summed E-state index contributed by atoms with van der Waals surface area (Å²) in [6.45, 7) is 9.41. The highest BCUT2D eigenvalue weighted by Gasteiger charge is 2.37. The molecule has 0 aliphatic carbocycles. The summed E-state index contributed by atoms with van der Waals surface area (Å²) >= 11 is 0. The maximum atomic E-state index is 13.5. The van der Waals surface area contributed by atoms with E-state index in [-0.39, 0.29) is 37.2 Å². The molecule has 3 rings (SSSR count). The molecule has 230 valence electrons. The lowest BCUT2D eigenvalue weighted by Gasteiger charge is -2.29. The number of nitrogens with one attached hydrogen (secondary N) is 3. The van der Waals surface area contributed by atoms with Gasteiger partial charge in [-0.3, -0.25) is 14.4 Å². The molecular weight excluding hydrogens is 536 g/mol. The van der Waals surface area contributed by atoms with E-state index in [9.17, 15) is 24.3 Å². The second-order valence-electron chi connectivity index (χ2n) is 11.9. The van der Waals surface area contributed by atoms with Crippen molar-refractivity contribution >= 4 is 34.6 Å². The first-order chi connectivity index (χ1) is 19.9. The highest BCUT2D eigenvalue weighted by atomic mass is 16.6. The summed E-state index contributed by atoms with van der Waals surface area (Å²) in [6.07, 6.45) is 1.16. The zero-order chi connectivity index (χ0) is 30.9. The minimum atomic E-state index is -1.07. The summed E-state index contributed by atoms with van der Waals surface area (Å²) in [6, 6.07) is 12.2. The van der Waals surface area contributed by atoms with E-state index in [0.29, 0.717) is 25.8 Å². The molecule has 1 unspecified atom stereocenters. The standard InChI is InChI=1S/C32H46N4O6/c1-6-22(7-2)30(40)36-16-10-13-27(36)29(39)35-26(18-21-14-15-23-11-8-9-12-24(23)17-21)28(38)33-19-25(37)20-34-31(41)42-32(3,4)5/h8-9,11-12,14-15,17,22,25-27,37H,6-7,10,13,16,18-20H2,1-5H3,(H,33,38)(H,34,41)(H,35,39)/t25?,26-,27+/m1/s1. The number of ether oxygens (including phenoxy) is 1. The number of hydrogen-bond acceptors (Lipinski definition) is 6. The number of benzene rings is 2. The predicted molar refractivity (Wildman–Crippen MR) is 162 cm³/mol. The Balaban J connectivity index is 1.70. The van der Waals surface area contributed by atoms with Crippen LogP contribution in [0.25, 0.3) is 10.8 Å². The van der Waals surface area contributed by atoms with Gasteiger partial charge in [-0.2, -0.15) is 0 Å². The van der Waals surface area contributed by atoms with Gasteiger partial charge in [0.2, 0.25) is 17.7 Å². The Morgan fingerprint density at radius 3 is 2.33 bits per heavy atom. The van der Waals surface area contributed by atoms with Crippen LogP contribution in [0, 0.1) is 5.92 Å². The lowest BCUT2D eigenvalue weighted by molar-refractivity contribution is -0.142. The monoisotopic (exact) mass is 582 g/mol. The maximum absolute atomic E-state index is 13.5. The maximum Gasteiger partial charge on any atom is 0.407 e. The van der Waals surface area contributed by atoms with Crippen molar-refractivity contribution in [3.05, 3.63) is 48.0 Å². The Bertz CT molecular complexity index is 1240. The molecule has 3 atom stereocenters. The van der Waals surface area contributed by atoms with Crippen molar-refractivity contribution in [1.29, 1.82) is 0 Å². The Hall–Kier alpha value is -3.66. The van der Waals surface area contributed by atoms with Gasteiger partial charge in [0.15, 0.2) is 0 Å². The van der Waals surface area contributed by atoms with Crippen molar-refractivity contribution in [2.24, 2.45) is 5.92 Å². The summed E-state index contributed by atoms with van der Waals surface area (Å²) in [4.78, 5) is 53.6. The third-order valence-corrected chi connectivity index (χ3v) is 7.45. The molecular formula is C32H46N4O6. The first-order valence-corrected chi connectivity index (χ1v) is 14.9. The molecule has 2 aromatic rings. The molecule has 1 aliphatic heterocycles. The van der Waals surface area contributed by atoms with Gasteiger partial charge in [0.1, 0.15) is 17.7 Å². The van der Waals surface area contributed by atoms with Crippen LogP contribution in [-0.2, 0) is 25.5 Å². The van der Waals surface area contributed by atoms with Crippen LogP contribution < -0.4 is 16.0 Å². The first-order valence-electron chi connectivity index (χ1n) is 14.9. The normalized spacial score (nSPS) is 16.6. The van der Waals surface area contributed by atoms with Crippen molar-refractivity contribution in [2.75, 3.05) is 19.6 Å². The number of carbonyl (C=O) groups is 4. The van der Waals surface area contributed by atoms with Gasteiger partial charge in [-0.15, -0.1) is 0 Å². The zero-order valence-corrected chi connectivity index (χ0v) is 25.4. The fraction of sp³-hybridized carbons (Fsp3) is 0.562. The molecule has 0 spiro atoms. The van der Waals surface area contributed by atoms with Crippen LogP contribution in [0.3, 0.4) is 0 Å². The van der Waals surface area contributed by atoms with E-state index >= 15 is 0 Å². The van der Waals surface area contributed by atoms with Crippen LogP contribution in [0.5, 0.6) is 0 Å². The predicted octanol–water partition coefficient (Wildman–Crippen LogP) is 3.30. The number of alkyl carbamates (subject to hydrolysis) is 1. The number of hydrogen-bond donors (Lipinski definition) is 4. The van der Waals surface area contributed by atoms with Crippen LogP contribution in [0.2, 0.25) is 0 Å². The molecule has 0 radical (unpaired) electrons. The second kappa shape index (κ2) is 15.0. The van der Waals surface area contributed by atoms with Crippen LogP contribution in [0.15, 0.2) is 42.5 Å². The van der Waals surface area contributed by atoms with E-state index in [1.165, 1.54) is 0 Å². The van der Waals surface area contributed by atoms with Crippen molar-refractivity contribution in [1.82, 2.24) is 20.9 Å². The zero-order valence-electron chi connectivity index (χ0n) is 25.4. The minimum absolute atomic E-state index is 0.0196. The Kier molecular flexibility index (Phi) is 11.7. The van der Waals surface area contributed by atoms with Crippen molar-refractivity contribution in [3.8, 4) is 0 Å². The third-order valence-electron chi connectivity index (χ3n) is 7.45. The lowest BCUT2D eigenvalue weighted by atomic mass is 10.00. The first kappa shape index (κ1) is 32.8. The van der Waals surface area contributed by atoms with Crippen molar-refractivity contribution in [2.45, 2.75) is 90.5 Å². The molecule has 42 heavy (non-hydrogen) atoms. The number of carbonyl (C=O) groups excluding carboxylic acids is 4. The largest absolute Gasteiger partial charge is 0.444 e. The third kappa shape index (κ3) is 9.44. The van der Waals surface area contributed by atoms with Gasteiger partial charge in [-0.1, -0.05) is 56.3 Å². The lowest BCUT2D eigenvalue weighted by Crippen LogP contribution is -2.55. The number of rotatable bonds is 12. The highest BCUT2D eigenvalue weighted by Crippen LogP contribution is 2.23. The smallest absolute Gasteiger partial charge is 0.407 e. The van der Waals surface area contributed by atoms with Crippen molar-refractivity contribution in [3.63, 3.8) is 0 Å². The van der Waals surface area contributed by atoms with Gasteiger partial charge in [-0.05, 0) is 62.8 Å². The Morgan fingerprint density at radius 1 is 1.00 bits per heavy atom. The molecule has 1 aliphatic rings. The molecule has 10 heteroatoms. The topological polar surface area (TPSA) is 137 Å². The van der Waals surface area contributed by atoms with E-state index in [1.807, 2.05) is 56.3 Å². The Morgan fingerprint density at radius 2 is 1.67 bits per heavy atom. The number of aliphatic hydroxyl groups excluding tert-OH is 1. The van der Waals surface area contributed by atoms with Gasteiger partial charge in [0.25, 0.3) is 0 Å². The van der Waals surface area contributed by atoms with Gasteiger partial charge in [-0.25, -0.2) is 4.79 Å². The molecule has 0 aromatic heterocycles. The molecule has 1 fully saturated rings. The van der Waals surface area contributed by atoms with Crippen LogP contribution in [-0.4, -0.2) is 77.2 Å². The molecule has 1 saturated heterocycles. The highest BCUT2D eigenvalue weighted by molar-refractivity contribution is 5.93. The summed E-state index contributed by atoms with van der Waals surface area (Å²) in [5.74, 6) is -0.983. The van der Waals surface area contributed by atoms with Crippen LogP contribution in [0.1, 0.15) is 65.9 Å². The molecule has 4 amide bonds. The molecule has 4 N–H and O–H groups in total. The fourth-order valence-corrected chi connectivity index (χ4v) is 5.18. The molecule has 1 heterocycles. The fourth-order valence-electron chi connectivity index (χ4n) is 5.18. The van der Waals surface area contributed by atoms with Gasteiger partial charge < -0.3 is 30.7 Å². The quantitative estimate of drug-likeness (QED) is 0.303. The average Bonchev–Trinajstić information content (AvgIpc) is 3.44. The number of aliphatic hydroxyl groups is 1. The van der Waals surface area contributed by atoms with Crippen molar-refractivity contribution < 1.29 is 29.0 Å². The second-order valence-corrected chi connectivity index (χ2v) is 11.9. The van der Waals surface area contributed by atoms with E-state index in [0.717, 1.165) is 22.8 Å². The summed E-state index contributed by atoms with van der Waals surface area (Å²) in [5, 5.41) is 20.5.